The largest absolute Gasteiger partial charge is 0.444 e. The highest BCUT2D eigenvalue weighted by Crippen LogP contribution is 2.20. The van der Waals surface area contributed by atoms with Crippen molar-refractivity contribution in [2.45, 2.75) is 33.3 Å². The summed E-state index contributed by atoms with van der Waals surface area (Å²) in [6.45, 7) is 9.15. The smallest absolute Gasteiger partial charge is 0.410 e. The molecular formula is C12H22N2O3. The predicted octanol–water partition coefficient (Wildman–Crippen LogP) is 1.33. The van der Waals surface area contributed by atoms with Gasteiger partial charge in [0.15, 0.2) is 0 Å². The Morgan fingerprint density at radius 3 is 2.29 bits per heavy atom. The molecule has 5 nitrogen and oxygen atoms in total. The van der Waals surface area contributed by atoms with Crippen molar-refractivity contribution in [1.82, 2.24) is 9.80 Å². The molecule has 17 heavy (non-hydrogen) atoms. The molecule has 1 saturated heterocycles. The molecule has 0 radical (unpaired) electrons. The molecule has 1 rings (SSSR count). The lowest BCUT2D eigenvalue weighted by molar-refractivity contribution is -0.128. The molecule has 0 unspecified atom stereocenters. The van der Waals surface area contributed by atoms with Crippen molar-refractivity contribution in [3.8, 4) is 0 Å². The Morgan fingerprint density at radius 1 is 1.35 bits per heavy atom. The van der Waals surface area contributed by atoms with E-state index in [1.54, 1.807) is 23.8 Å². The van der Waals surface area contributed by atoms with Crippen LogP contribution in [0.5, 0.6) is 0 Å². The summed E-state index contributed by atoms with van der Waals surface area (Å²) < 4.78 is 5.25. The number of hydrogen-bond donors (Lipinski definition) is 0. The molecule has 0 aromatic rings. The fourth-order valence-corrected chi connectivity index (χ4v) is 1.68. The Balaban J connectivity index is 2.27. The van der Waals surface area contributed by atoms with Crippen LogP contribution in [0.15, 0.2) is 0 Å². The number of carbonyl (C=O) groups is 2. The summed E-state index contributed by atoms with van der Waals surface area (Å²) in [6.07, 6.45) is -0.265. The van der Waals surface area contributed by atoms with Gasteiger partial charge in [-0.15, -0.1) is 0 Å². The number of carbonyl (C=O) groups excluding carboxylic acids is 2. The second-order valence-electron chi connectivity index (χ2n) is 5.65. The molecule has 0 aromatic carbocycles. The van der Waals surface area contributed by atoms with Crippen molar-refractivity contribution >= 4 is 12.0 Å². The molecule has 0 N–H and O–H groups in total. The summed E-state index contributed by atoms with van der Waals surface area (Å²) in [6, 6.07) is 0. The average Bonchev–Trinajstić information content (AvgIpc) is 2.06. The van der Waals surface area contributed by atoms with Gasteiger partial charge in [-0.25, -0.2) is 4.79 Å². The molecule has 0 aliphatic carbocycles. The molecule has 5 heteroatoms. The number of amides is 2. The van der Waals surface area contributed by atoms with Crippen molar-refractivity contribution in [1.29, 1.82) is 0 Å². The number of likely N-dealkylation sites (tertiary alicyclic amines) is 1. The van der Waals surface area contributed by atoms with Crippen molar-refractivity contribution in [2.75, 3.05) is 26.7 Å². The van der Waals surface area contributed by atoms with E-state index >= 15 is 0 Å². The van der Waals surface area contributed by atoms with E-state index < -0.39 is 5.60 Å². The van der Waals surface area contributed by atoms with Crippen molar-refractivity contribution in [3.05, 3.63) is 0 Å². The minimum absolute atomic E-state index is 0.0562. The van der Waals surface area contributed by atoms with Crippen LogP contribution in [0.25, 0.3) is 0 Å². The van der Waals surface area contributed by atoms with E-state index in [0.717, 1.165) is 0 Å². The summed E-state index contributed by atoms with van der Waals surface area (Å²) in [7, 11) is 1.78. The van der Waals surface area contributed by atoms with Crippen LogP contribution in [0.3, 0.4) is 0 Å². The van der Waals surface area contributed by atoms with Gasteiger partial charge in [-0.2, -0.15) is 0 Å². The zero-order valence-corrected chi connectivity index (χ0v) is 11.3. The van der Waals surface area contributed by atoms with E-state index in [2.05, 4.69) is 0 Å². The monoisotopic (exact) mass is 242 g/mol. The van der Waals surface area contributed by atoms with Gasteiger partial charge in [0, 0.05) is 39.5 Å². The van der Waals surface area contributed by atoms with E-state index in [1.807, 2.05) is 20.8 Å². The number of rotatable bonds is 2. The second-order valence-corrected chi connectivity index (χ2v) is 5.65. The van der Waals surface area contributed by atoms with E-state index in [9.17, 15) is 9.59 Å². The SMILES string of the molecule is CC(=O)N(C)CC1CN(C(=O)OC(C)(C)C)C1. The molecule has 98 valence electrons. The van der Waals surface area contributed by atoms with Crippen LogP contribution in [0.4, 0.5) is 4.79 Å². The maximum Gasteiger partial charge on any atom is 0.410 e. The minimum Gasteiger partial charge on any atom is -0.444 e. The van der Waals surface area contributed by atoms with Gasteiger partial charge < -0.3 is 14.5 Å². The quantitative estimate of drug-likeness (QED) is 0.734. The van der Waals surface area contributed by atoms with Gasteiger partial charge in [-0.1, -0.05) is 0 Å². The molecule has 1 heterocycles. The third kappa shape index (κ3) is 4.24. The number of nitrogens with zero attached hydrogens (tertiary/aromatic N) is 2. The normalized spacial score (nSPS) is 16.4. The Labute approximate surface area is 103 Å². The fraction of sp³-hybridized carbons (Fsp3) is 0.833. The molecule has 1 aliphatic heterocycles. The van der Waals surface area contributed by atoms with Crippen LogP contribution in [0.1, 0.15) is 27.7 Å². The predicted molar refractivity (Wildman–Crippen MR) is 64.6 cm³/mol. The molecule has 0 spiro atoms. The van der Waals surface area contributed by atoms with Crippen LogP contribution in [0.2, 0.25) is 0 Å². The lowest BCUT2D eigenvalue weighted by Crippen LogP contribution is -2.54. The summed E-state index contributed by atoms with van der Waals surface area (Å²) in [5.74, 6) is 0.428. The van der Waals surface area contributed by atoms with Crippen LogP contribution in [0, 0.1) is 5.92 Å². The molecule has 1 fully saturated rings. The third-order valence-corrected chi connectivity index (χ3v) is 2.68. The summed E-state index contributed by atoms with van der Waals surface area (Å²) in [4.78, 5) is 26.0. The van der Waals surface area contributed by atoms with Crippen LogP contribution < -0.4 is 0 Å². The summed E-state index contributed by atoms with van der Waals surface area (Å²) in [5.41, 5.74) is -0.446. The number of ether oxygens (including phenoxy) is 1. The molecule has 0 aromatic heterocycles. The Kier molecular flexibility index (Phi) is 4.01. The fourth-order valence-electron chi connectivity index (χ4n) is 1.68. The first kappa shape index (κ1) is 13.8. The molecule has 0 atom stereocenters. The van der Waals surface area contributed by atoms with Crippen LogP contribution in [-0.2, 0) is 9.53 Å². The van der Waals surface area contributed by atoms with E-state index in [4.69, 9.17) is 4.74 Å². The van der Waals surface area contributed by atoms with Gasteiger partial charge in [0.2, 0.25) is 5.91 Å². The maximum atomic E-state index is 11.6. The Hall–Kier alpha value is -1.26. The highest BCUT2D eigenvalue weighted by molar-refractivity contribution is 5.73. The van der Waals surface area contributed by atoms with Crippen molar-refractivity contribution < 1.29 is 14.3 Å². The standard InChI is InChI=1S/C12H22N2O3/c1-9(15)13(5)6-10-7-14(8-10)11(16)17-12(2,3)4/h10H,6-8H2,1-5H3. The highest BCUT2D eigenvalue weighted by atomic mass is 16.6. The lowest BCUT2D eigenvalue weighted by atomic mass is 10.0. The van der Waals surface area contributed by atoms with Crippen LogP contribution in [-0.4, -0.2) is 54.1 Å². The van der Waals surface area contributed by atoms with E-state index in [0.29, 0.717) is 25.6 Å². The highest BCUT2D eigenvalue weighted by Gasteiger charge is 2.34. The van der Waals surface area contributed by atoms with Gasteiger partial charge in [0.1, 0.15) is 5.60 Å². The molecule has 1 aliphatic rings. The maximum absolute atomic E-state index is 11.6. The summed E-state index contributed by atoms with van der Waals surface area (Å²) in [5, 5.41) is 0. The molecule has 0 saturated carbocycles. The van der Waals surface area contributed by atoms with Gasteiger partial charge in [-0.3, -0.25) is 4.79 Å². The molecule has 0 bridgehead atoms. The molecule has 2 amide bonds. The van der Waals surface area contributed by atoms with Crippen molar-refractivity contribution in [2.24, 2.45) is 5.92 Å². The average molecular weight is 242 g/mol. The van der Waals surface area contributed by atoms with Gasteiger partial charge in [-0.05, 0) is 20.8 Å². The van der Waals surface area contributed by atoms with Gasteiger partial charge >= 0.3 is 6.09 Å². The molecular weight excluding hydrogens is 220 g/mol. The zero-order chi connectivity index (χ0) is 13.2. The Morgan fingerprint density at radius 2 is 1.88 bits per heavy atom. The van der Waals surface area contributed by atoms with Crippen LogP contribution >= 0.6 is 0 Å². The first-order valence-electron chi connectivity index (χ1n) is 5.88. The minimum atomic E-state index is -0.446. The zero-order valence-electron chi connectivity index (χ0n) is 11.3. The van der Waals surface area contributed by atoms with Gasteiger partial charge in [0.25, 0.3) is 0 Å². The van der Waals surface area contributed by atoms with Crippen molar-refractivity contribution in [3.63, 3.8) is 0 Å². The lowest BCUT2D eigenvalue weighted by Gasteiger charge is -2.41. The van der Waals surface area contributed by atoms with E-state index in [-0.39, 0.29) is 12.0 Å². The Bertz CT molecular complexity index is 303. The second kappa shape index (κ2) is 4.94. The topological polar surface area (TPSA) is 49.9 Å². The first-order valence-corrected chi connectivity index (χ1v) is 5.88. The first-order chi connectivity index (χ1) is 7.69. The van der Waals surface area contributed by atoms with E-state index in [1.165, 1.54) is 0 Å². The summed E-state index contributed by atoms with van der Waals surface area (Å²) >= 11 is 0. The number of hydrogen-bond acceptors (Lipinski definition) is 3. The van der Waals surface area contributed by atoms with Gasteiger partial charge in [0.05, 0.1) is 0 Å². The third-order valence-electron chi connectivity index (χ3n) is 2.68.